The highest BCUT2D eigenvalue weighted by molar-refractivity contribution is 6.24. The van der Waals surface area contributed by atoms with Crippen LogP contribution in [-0.4, -0.2) is 0 Å². The van der Waals surface area contributed by atoms with Crippen LogP contribution in [0, 0.1) is 0 Å². The van der Waals surface area contributed by atoms with Gasteiger partial charge in [0.05, 0.1) is 0 Å². The molecule has 278 valence electrons. The maximum Gasteiger partial charge on any atom is -0.00201 e. The zero-order valence-electron chi connectivity index (χ0n) is 32.9. The predicted octanol–water partition coefficient (Wildman–Crippen LogP) is 16.9. The second kappa shape index (κ2) is 13.9. The molecule has 60 heavy (non-hydrogen) atoms. The Labute approximate surface area is 349 Å². The Morgan fingerprint density at radius 2 is 0.583 bits per heavy atom. The lowest BCUT2D eigenvalue weighted by Crippen LogP contribution is -1.94. The average molecular weight is 759 g/mol. The first-order valence-electron chi connectivity index (χ1n) is 20.8. The van der Waals surface area contributed by atoms with E-state index < -0.39 is 0 Å². The Kier molecular flexibility index (Phi) is 7.96. The third kappa shape index (κ3) is 5.69. The molecule has 0 saturated heterocycles. The van der Waals surface area contributed by atoms with Gasteiger partial charge in [-0.1, -0.05) is 194 Å². The quantitative estimate of drug-likeness (QED) is 0.153. The van der Waals surface area contributed by atoms with E-state index in [-0.39, 0.29) is 0 Å². The van der Waals surface area contributed by atoms with Crippen LogP contribution < -0.4 is 0 Å². The van der Waals surface area contributed by atoms with Crippen molar-refractivity contribution in [2.45, 2.75) is 0 Å². The first-order chi connectivity index (χ1) is 29.7. The molecule has 12 rings (SSSR count). The summed E-state index contributed by atoms with van der Waals surface area (Å²) < 4.78 is 0. The maximum absolute atomic E-state index is 2.45. The molecule has 0 saturated carbocycles. The number of hydrogen-bond donors (Lipinski definition) is 0. The Morgan fingerprint density at radius 1 is 0.167 bits per heavy atom. The van der Waals surface area contributed by atoms with E-state index in [0.717, 1.165) is 0 Å². The first-order valence-corrected chi connectivity index (χ1v) is 20.8. The largest absolute Gasteiger partial charge is 0.0616 e. The minimum Gasteiger partial charge on any atom is -0.0616 e. The lowest BCUT2D eigenvalue weighted by atomic mass is 9.82. The number of rotatable bonds is 5. The summed E-state index contributed by atoms with van der Waals surface area (Å²) in [6.07, 6.45) is 0. The van der Waals surface area contributed by atoms with Gasteiger partial charge in [0.15, 0.2) is 0 Å². The van der Waals surface area contributed by atoms with Crippen LogP contribution in [0.5, 0.6) is 0 Å². The number of fused-ring (bicyclic) bond motifs is 6. The summed E-state index contributed by atoms with van der Waals surface area (Å²) in [5, 5.41) is 14.9. The van der Waals surface area contributed by atoms with Crippen LogP contribution in [0.1, 0.15) is 0 Å². The van der Waals surface area contributed by atoms with Gasteiger partial charge in [-0.25, -0.2) is 0 Å². The van der Waals surface area contributed by atoms with Gasteiger partial charge < -0.3 is 0 Å². The molecule has 0 heterocycles. The molecule has 0 fully saturated rings. The minimum atomic E-state index is 1.20. The third-order valence-corrected chi connectivity index (χ3v) is 12.6. The van der Waals surface area contributed by atoms with E-state index in [2.05, 4.69) is 231 Å². The van der Waals surface area contributed by atoms with E-state index >= 15 is 0 Å². The fourth-order valence-electron chi connectivity index (χ4n) is 9.71. The number of benzene rings is 12. The molecule has 0 atom stereocenters. The van der Waals surface area contributed by atoms with Gasteiger partial charge in [0.25, 0.3) is 0 Å². The molecule has 0 unspecified atom stereocenters. The SMILES string of the molecule is c1ccc2cc(-c3cc(-c4cccc5ccccc45)cc(-c4c5ccccc5c(-c5cccc6ccccc56)c5ccc(-c6ccc7ccccc7c6)cc45)c3)ccc2c1. The van der Waals surface area contributed by atoms with Gasteiger partial charge in [-0.05, 0) is 157 Å². The van der Waals surface area contributed by atoms with Crippen LogP contribution >= 0.6 is 0 Å². The van der Waals surface area contributed by atoms with E-state index in [1.54, 1.807) is 0 Å². The van der Waals surface area contributed by atoms with Crippen LogP contribution in [0.25, 0.3) is 120 Å². The summed E-state index contributed by atoms with van der Waals surface area (Å²) in [4.78, 5) is 0. The Balaban J connectivity index is 1.21. The molecule has 12 aromatic carbocycles. The Hall–Kier alpha value is -7.80. The molecule has 0 heteroatoms. The zero-order valence-corrected chi connectivity index (χ0v) is 32.9. The van der Waals surface area contributed by atoms with Crippen molar-refractivity contribution < 1.29 is 0 Å². The first kappa shape index (κ1) is 34.3. The highest BCUT2D eigenvalue weighted by Crippen LogP contribution is 2.48. The fraction of sp³-hybridized carbons (Fsp3) is 0. The molecule has 0 aliphatic rings. The topological polar surface area (TPSA) is 0 Å². The highest BCUT2D eigenvalue weighted by Gasteiger charge is 2.20. The van der Waals surface area contributed by atoms with Crippen molar-refractivity contribution in [2.75, 3.05) is 0 Å². The molecule has 0 N–H and O–H groups in total. The summed E-state index contributed by atoms with van der Waals surface area (Å²) >= 11 is 0. The van der Waals surface area contributed by atoms with Crippen molar-refractivity contribution in [3.05, 3.63) is 231 Å². The normalized spacial score (nSPS) is 11.7. The summed E-state index contributed by atoms with van der Waals surface area (Å²) in [5.74, 6) is 0. The highest BCUT2D eigenvalue weighted by atomic mass is 14.2. The van der Waals surface area contributed by atoms with Crippen LogP contribution in [0.2, 0.25) is 0 Å². The van der Waals surface area contributed by atoms with Crippen molar-refractivity contribution >= 4 is 64.6 Å². The zero-order chi connectivity index (χ0) is 39.6. The lowest BCUT2D eigenvalue weighted by Gasteiger charge is -2.21. The van der Waals surface area contributed by atoms with Gasteiger partial charge in [0.2, 0.25) is 0 Å². The predicted molar refractivity (Wildman–Crippen MR) is 259 cm³/mol. The molecule has 0 aliphatic heterocycles. The summed E-state index contributed by atoms with van der Waals surface area (Å²) in [6, 6.07) is 85.5. The molecule has 0 spiro atoms. The van der Waals surface area contributed by atoms with Gasteiger partial charge in [-0.2, -0.15) is 0 Å². The molecule has 0 aliphatic carbocycles. The van der Waals surface area contributed by atoms with Crippen molar-refractivity contribution in [1.29, 1.82) is 0 Å². The molecule has 0 bridgehead atoms. The minimum absolute atomic E-state index is 1.20. The molecule has 0 amide bonds. The molecular weight excluding hydrogens is 721 g/mol. The second-order valence-electron chi connectivity index (χ2n) is 16.0. The van der Waals surface area contributed by atoms with E-state index in [4.69, 9.17) is 0 Å². The summed E-state index contributed by atoms with van der Waals surface area (Å²) in [7, 11) is 0. The molecule has 0 radical (unpaired) electrons. The molecule has 0 nitrogen and oxygen atoms in total. The van der Waals surface area contributed by atoms with Crippen molar-refractivity contribution in [2.24, 2.45) is 0 Å². The van der Waals surface area contributed by atoms with E-state index in [9.17, 15) is 0 Å². The standard InChI is InChI=1S/C60H38/c1-3-17-43-33-45(29-27-39(43)13-1)47-31-32-57-58(38-47)59(55-23-9-10-24-56(55)60(57)54-26-12-20-42-16-6-8-22-52(42)54)50-36-48(46-30-28-40-14-2-4-18-44(40)34-46)35-49(37-50)53-25-11-19-41-15-5-7-21-51(41)53/h1-38H. The Morgan fingerprint density at radius 3 is 1.23 bits per heavy atom. The molecular formula is C60H38. The van der Waals surface area contributed by atoms with Crippen LogP contribution in [0.3, 0.4) is 0 Å². The van der Waals surface area contributed by atoms with Gasteiger partial charge in [0.1, 0.15) is 0 Å². The van der Waals surface area contributed by atoms with E-state index in [1.165, 1.54) is 120 Å². The lowest BCUT2D eigenvalue weighted by molar-refractivity contribution is 1.60. The van der Waals surface area contributed by atoms with Crippen molar-refractivity contribution in [3.63, 3.8) is 0 Å². The smallest absolute Gasteiger partial charge is 0.00201 e. The van der Waals surface area contributed by atoms with Gasteiger partial charge >= 0.3 is 0 Å². The number of hydrogen-bond acceptors (Lipinski definition) is 0. The van der Waals surface area contributed by atoms with E-state index in [1.807, 2.05) is 0 Å². The van der Waals surface area contributed by atoms with Crippen LogP contribution in [-0.2, 0) is 0 Å². The second-order valence-corrected chi connectivity index (χ2v) is 16.0. The third-order valence-electron chi connectivity index (χ3n) is 12.6. The van der Waals surface area contributed by atoms with Crippen molar-refractivity contribution in [3.8, 4) is 55.6 Å². The maximum atomic E-state index is 2.45. The Bertz CT molecular complexity index is 3650. The van der Waals surface area contributed by atoms with Gasteiger partial charge in [0, 0.05) is 0 Å². The molecule has 12 aromatic rings. The van der Waals surface area contributed by atoms with Crippen LogP contribution in [0.15, 0.2) is 231 Å². The monoisotopic (exact) mass is 758 g/mol. The van der Waals surface area contributed by atoms with Gasteiger partial charge in [-0.3, -0.25) is 0 Å². The van der Waals surface area contributed by atoms with E-state index in [0.29, 0.717) is 0 Å². The summed E-state index contributed by atoms with van der Waals surface area (Å²) in [5.41, 5.74) is 12.2. The van der Waals surface area contributed by atoms with Crippen molar-refractivity contribution in [1.82, 2.24) is 0 Å². The fourth-order valence-corrected chi connectivity index (χ4v) is 9.71. The summed E-state index contributed by atoms with van der Waals surface area (Å²) in [6.45, 7) is 0. The average Bonchev–Trinajstić information content (AvgIpc) is 3.32. The molecule has 0 aromatic heterocycles. The van der Waals surface area contributed by atoms with Crippen LogP contribution in [0.4, 0.5) is 0 Å². The van der Waals surface area contributed by atoms with Gasteiger partial charge in [-0.15, -0.1) is 0 Å².